The van der Waals surface area contributed by atoms with E-state index in [1.54, 1.807) is 18.2 Å². The Balaban J connectivity index is 1.49. The van der Waals surface area contributed by atoms with Gasteiger partial charge in [0.15, 0.2) is 0 Å². The maximum atomic E-state index is 13.1. The molecule has 1 aromatic heterocycles. The van der Waals surface area contributed by atoms with Crippen molar-refractivity contribution in [3.8, 4) is 0 Å². The molecule has 0 aliphatic carbocycles. The van der Waals surface area contributed by atoms with E-state index in [4.69, 9.17) is 0 Å². The quantitative estimate of drug-likeness (QED) is 0.627. The van der Waals surface area contributed by atoms with Gasteiger partial charge in [0.1, 0.15) is 5.01 Å². The van der Waals surface area contributed by atoms with Gasteiger partial charge in [-0.25, -0.2) is 8.42 Å². The molecule has 0 saturated carbocycles. The Labute approximate surface area is 186 Å². The van der Waals surface area contributed by atoms with Gasteiger partial charge in [0, 0.05) is 24.7 Å². The fraction of sp³-hybridized carbons (Fsp3) is 0.318. The van der Waals surface area contributed by atoms with E-state index in [1.807, 2.05) is 44.2 Å². The zero-order chi connectivity index (χ0) is 22.0. The van der Waals surface area contributed by atoms with Crippen molar-refractivity contribution < 1.29 is 13.2 Å². The molecule has 2 heterocycles. The Morgan fingerprint density at radius 3 is 2.71 bits per heavy atom. The van der Waals surface area contributed by atoms with Gasteiger partial charge in [-0.3, -0.25) is 4.79 Å². The maximum Gasteiger partial charge on any atom is 0.286 e. The van der Waals surface area contributed by atoms with Crippen molar-refractivity contribution in [2.24, 2.45) is 0 Å². The van der Waals surface area contributed by atoms with Crippen LogP contribution in [0.5, 0.6) is 0 Å². The molecule has 1 saturated heterocycles. The fourth-order valence-corrected chi connectivity index (χ4v) is 6.16. The number of nitrogens with zero attached hydrogens (tertiary/aromatic N) is 3. The van der Waals surface area contributed by atoms with Crippen LogP contribution in [0.2, 0.25) is 0 Å². The number of amides is 1. The van der Waals surface area contributed by atoms with E-state index in [0.717, 1.165) is 29.7 Å². The number of para-hydroxylation sites is 1. The molecule has 1 amide bonds. The first-order valence-corrected chi connectivity index (χ1v) is 12.4. The second-order valence-corrected chi connectivity index (χ2v) is 10.7. The second-order valence-electron chi connectivity index (χ2n) is 7.73. The third-order valence-corrected chi connectivity index (χ3v) is 8.33. The second kappa shape index (κ2) is 8.86. The van der Waals surface area contributed by atoms with E-state index in [2.05, 4.69) is 15.5 Å². The van der Waals surface area contributed by atoms with E-state index in [-0.39, 0.29) is 16.8 Å². The molecule has 7 nitrogen and oxygen atoms in total. The van der Waals surface area contributed by atoms with Crippen molar-refractivity contribution in [2.45, 2.75) is 37.5 Å². The lowest BCUT2D eigenvalue weighted by Gasteiger charge is -2.30. The number of anilines is 1. The third-order valence-electron chi connectivity index (χ3n) is 5.39. The molecule has 0 spiro atoms. The Morgan fingerprint density at radius 1 is 1.13 bits per heavy atom. The summed E-state index contributed by atoms with van der Waals surface area (Å²) in [4.78, 5) is 12.9. The van der Waals surface area contributed by atoms with Gasteiger partial charge in [-0.1, -0.05) is 41.7 Å². The van der Waals surface area contributed by atoms with Gasteiger partial charge >= 0.3 is 0 Å². The van der Waals surface area contributed by atoms with Gasteiger partial charge in [-0.05, 0) is 56.0 Å². The summed E-state index contributed by atoms with van der Waals surface area (Å²) in [7, 11) is -3.57. The average molecular weight is 457 g/mol. The van der Waals surface area contributed by atoms with E-state index < -0.39 is 10.0 Å². The molecule has 1 aliphatic heterocycles. The molecule has 2 aromatic carbocycles. The predicted molar refractivity (Wildman–Crippen MR) is 121 cm³/mol. The number of sulfonamides is 1. The van der Waals surface area contributed by atoms with Gasteiger partial charge in [0.25, 0.3) is 5.91 Å². The molecule has 0 bridgehead atoms. The minimum atomic E-state index is -3.57. The molecule has 1 fully saturated rings. The van der Waals surface area contributed by atoms with E-state index in [0.29, 0.717) is 23.0 Å². The predicted octanol–water partition coefficient (Wildman–Crippen LogP) is 3.98. The number of hydrogen-bond acceptors (Lipinski definition) is 6. The third kappa shape index (κ3) is 4.68. The molecule has 9 heteroatoms. The number of carbonyl (C=O) groups excluding carboxylic acids is 1. The zero-order valence-corrected chi connectivity index (χ0v) is 19.0. The van der Waals surface area contributed by atoms with Gasteiger partial charge in [-0.2, -0.15) is 4.31 Å². The number of hydrogen-bond donors (Lipinski definition) is 1. The van der Waals surface area contributed by atoms with Crippen LogP contribution in [0.25, 0.3) is 0 Å². The smallest absolute Gasteiger partial charge is 0.286 e. The Kier molecular flexibility index (Phi) is 6.17. The summed E-state index contributed by atoms with van der Waals surface area (Å²) in [6.45, 7) is 4.62. The summed E-state index contributed by atoms with van der Waals surface area (Å²) in [5.41, 5.74) is 2.60. The van der Waals surface area contributed by atoms with Gasteiger partial charge in [0.05, 0.1) is 4.90 Å². The molecular weight excluding hydrogens is 432 g/mol. The molecule has 31 heavy (non-hydrogen) atoms. The number of nitrogens with one attached hydrogen (secondary N) is 1. The van der Waals surface area contributed by atoms with Crippen LogP contribution in [0.3, 0.4) is 0 Å². The highest BCUT2D eigenvalue weighted by atomic mass is 32.2. The van der Waals surface area contributed by atoms with Crippen LogP contribution in [0.1, 0.15) is 44.7 Å². The molecule has 162 valence electrons. The number of rotatable bonds is 5. The maximum absolute atomic E-state index is 13.1. The Morgan fingerprint density at radius 2 is 1.94 bits per heavy atom. The largest absolute Gasteiger partial charge is 0.320 e. The summed E-state index contributed by atoms with van der Waals surface area (Å²) in [6.07, 6.45) is 1.55. The Bertz CT molecular complexity index is 1210. The van der Waals surface area contributed by atoms with Crippen molar-refractivity contribution in [1.29, 1.82) is 0 Å². The summed E-state index contributed by atoms with van der Waals surface area (Å²) in [6, 6.07) is 14.5. The molecule has 1 aliphatic rings. The lowest BCUT2D eigenvalue weighted by Crippen LogP contribution is -2.39. The highest BCUT2D eigenvalue weighted by molar-refractivity contribution is 7.89. The molecule has 3 aromatic rings. The first-order chi connectivity index (χ1) is 14.8. The molecule has 0 unspecified atom stereocenters. The van der Waals surface area contributed by atoms with Crippen LogP contribution in [0, 0.1) is 13.8 Å². The summed E-state index contributed by atoms with van der Waals surface area (Å²) in [5.74, 6) is -0.385. The van der Waals surface area contributed by atoms with Crippen LogP contribution in [-0.2, 0) is 10.0 Å². The van der Waals surface area contributed by atoms with Crippen LogP contribution >= 0.6 is 11.3 Å². The number of carbonyl (C=O) groups is 1. The highest BCUT2D eigenvalue weighted by Gasteiger charge is 2.32. The summed E-state index contributed by atoms with van der Waals surface area (Å²) >= 11 is 1.23. The Hall–Kier alpha value is -2.62. The zero-order valence-electron chi connectivity index (χ0n) is 17.4. The van der Waals surface area contributed by atoms with Gasteiger partial charge in [-0.15, -0.1) is 10.2 Å². The van der Waals surface area contributed by atoms with E-state index >= 15 is 0 Å². The average Bonchev–Trinajstić information content (AvgIpc) is 3.26. The molecule has 1 atom stereocenters. The van der Waals surface area contributed by atoms with Crippen LogP contribution in [0.4, 0.5) is 5.69 Å². The van der Waals surface area contributed by atoms with E-state index in [1.165, 1.54) is 15.6 Å². The topological polar surface area (TPSA) is 92.3 Å². The summed E-state index contributed by atoms with van der Waals surface area (Å²) < 4.78 is 27.7. The van der Waals surface area contributed by atoms with Crippen molar-refractivity contribution in [3.63, 3.8) is 0 Å². The van der Waals surface area contributed by atoms with Crippen molar-refractivity contribution in [1.82, 2.24) is 14.5 Å². The number of piperidine rings is 1. The number of aromatic nitrogens is 2. The van der Waals surface area contributed by atoms with Crippen LogP contribution in [0.15, 0.2) is 53.4 Å². The van der Waals surface area contributed by atoms with Gasteiger partial charge < -0.3 is 5.32 Å². The SMILES string of the molecule is Cc1cccc(S(=O)(=O)N2CCC[C@@H](c3nnc(C(=O)Nc4ccccc4C)s3)C2)c1. The molecule has 4 rings (SSSR count). The van der Waals surface area contributed by atoms with Crippen molar-refractivity contribution in [2.75, 3.05) is 18.4 Å². The van der Waals surface area contributed by atoms with Gasteiger partial charge in [0.2, 0.25) is 15.0 Å². The molecule has 0 radical (unpaired) electrons. The number of aryl methyl sites for hydroxylation is 2. The lowest BCUT2D eigenvalue weighted by molar-refractivity contribution is 0.102. The van der Waals surface area contributed by atoms with Crippen LogP contribution < -0.4 is 5.32 Å². The normalized spacial score (nSPS) is 17.4. The molecule has 1 N–H and O–H groups in total. The minimum Gasteiger partial charge on any atom is -0.320 e. The van der Waals surface area contributed by atoms with Crippen LogP contribution in [-0.4, -0.2) is 41.9 Å². The number of benzene rings is 2. The molecular formula is C22H24N4O3S2. The fourth-order valence-electron chi connectivity index (χ4n) is 3.67. The standard InChI is InChI=1S/C22H24N4O3S2/c1-15-7-5-10-18(13-15)31(28,29)26-12-6-9-17(14-26)21-24-25-22(30-21)20(27)23-19-11-4-3-8-16(19)2/h3-5,7-8,10-11,13,17H,6,9,12,14H2,1-2H3,(H,23,27)/t17-/m1/s1. The van der Waals surface area contributed by atoms with Crippen molar-refractivity contribution >= 4 is 33.0 Å². The lowest BCUT2D eigenvalue weighted by atomic mass is 10.0. The summed E-state index contributed by atoms with van der Waals surface area (Å²) in [5, 5.41) is 12.1. The first kappa shape index (κ1) is 21.6. The minimum absolute atomic E-state index is 0.0779. The highest BCUT2D eigenvalue weighted by Crippen LogP contribution is 2.32. The first-order valence-electron chi connectivity index (χ1n) is 10.1. The van der Waals surface area contributed by atoms with E-state index in [9.17, 15) is 13.2 Å². The van der Waals surface area contributed by atoms with Crippen molar-refractivity contribution in [3.05, 3.63) is 69.7 Å². The monoisotopic (exact) mass is 456 g/mol.